The lowest BCUT2D eigenvalue weighted by atomic mass is 10.1. The molecule has 1 aromatic rings. The lowest BCUT2D eigenvalue weighted by Crippen LogP contribution is -2.44. The molecule has 104 valence electrons. The molecule has 4 heteroatoms. The smallest absolute Gasteiger partial charge is 0.241 e. The molecule has 0 bridgehead atoms. The second-order valence-corrected chi connectivity index (χ2v) is 5.66. The zero-order valence-corrected chi connectivity index (χ0v) is 12.3. The first-order valence-electron chi connectivity index (χ1n) is 6.89. The van der Waals surface area contributed by atoms with Gasteiger partial charge in [0.05, 0.1) is 6.04 Å². The molecule has 1 amide bonds. The number of amides is 1. The van der Waals surface area contributed by atoms with Crippen molar-refractivity contribution >= 4 is 23.2 Å². The molecule has 0 unspecified atom stereocenters. The van der Waals surface area contributed by atoms with Crippen molar-refractivity contribution in [2.24, 2.45) is 0 Å². The van der Waals surface area contributed by atoms with Crippen LogP contribution in [0.25, 0.3) is 0 Å². The molecule has 1 heterocycles. The maximum atomic E-state index is 12.3. The number of likely N-dealkylation sites (tertiary alicyclic amines) is 1. The maximum absolute atomic E-state index is 12.3. The van der Waals surface area contributed by atoms with Crippen molar-refractivity contribution in [3.05, 3.63) is 28.8 Å². The molecule has 0 aliphatic carbocycles. The number of hydrogen-bond donors (Lipinski definition) is 1. The number of benzene rings is 1. The third-order valence-corrected chi connectivity index (χ3v) is 4.01. The molecule has 19 heavy (non-hydrogen) atoms. The first kappa shape index (κ1) is 14.4. The van der Waals surface area contributed by atoms with E-state index >= 15 is 0 Å². The number of halogens is 1. The zero-order chi connectivity index (χ0) is 13.8. The summed E-state index contributed by atoms with van der Waals surface area (Å²) in [6.45, 7) is 5.98. The van der Waals surface area contributed by atoms with Gasteiger partial charge in [-0.1, -0.05) is 24.1 Å². The van der Waals surface area contributed by atoms with Crippen LogP contribution in [-0.2, 0) is 4.79 Å². The fourth-order valence-corrected chi connectivity index (χ4v) is 2.61. The predicted molar refractivity (Wildman–Crippen MR) is 79.7 cm³/mol. The summed E-state index contributed by atoms with van der Waals surface area (Å²) < 4.78 is 0. The summed E-state index contributed by atoms with van der Waals surface area (Å²) in [4.78, 5) is 14.5. The van der Waals surface area contributed by atoms with E-state index in [9.17, 15) is 4.79 Å². The van der Waals surface area contributed by atoms with E-state index < -0.39 is 0 Å². The fourth-order valence-electron chi connectivity index (χ4n) is 2.44. The summed E-state index contributed by atoms with van der Waals surface area (Å²) >= 11 is 5.97. The molecule has 1 aromatic carbocycles. The van der Waals surface area contributed by atoms with Crippen molar-refractivity contribution in [2.75, 3.05) is 18.4 Å². The minimum absolute atomic E-state index is 0.0484. The molecule has 1 aliphatic heterocycles. The van der Waals surface area contributed by atoms with Crippen molar-refractivity contribution in [2.45, 2.75) is 39.2 Å². The highest BCUT2D eigenvalue weighted by molar-refractivity contribution is 6.31. The molecule has 1 N–H and O–H groups in total. The highest BCUT2D eigenvalue weighted by Crippen LogP contribution is 2.21. The molecule has 1 saturated heterocycles. The number of carbonyl (C=O) groups excluding carboxylic acids is 1. The Morgan fingerprint density at radius 3 is 2.68 bits per heavy atom. The van der Waals surface area contributed by atoms with Gasteiger partial charge in [0.2, 0.25) is 5.91 Å². The van der Waals surface area contributed by atoms with Crippen LogP contribution in [0, 0.1) is 6.92 Å². The average molecular weight is 281 g/mol. The average Bonchev–Trinajstić information content (AvgIpc) is 2.43. The van der Waals surface area contributed by atoms with Crippen LogP contribution < -0.4 is 5.32 Å². The van der Waals surface area contributed by atoms with E-state index in [-0.39, 0.29) is 11.9 Å². The van der Waals surface area contributed by atoms with E-state index in [0.29, 0.717) is 5.02 Å². The van der Waals surface area contributed by atoms with Crippen molar-refractivity contribution < 1.29 is 4.79 Å². The van der Waals surface area contributed by atoms with Crippen LogP contribution in [0.2, 0.25) is 5.02 Å². The minimum Gasteiger partial charge on any atom is -0.324 e. The number of nitrogens with zero attached hydrogens (tertiary/aromatic N) is 1. The van der Waals surface area contributed by atoms with Crippen molar-refractivity contribution in [1.82, 2.24) is 4.90 Å². The third kappa shape index (κ3) is 3.71. The van der Waals surface area contributed by atoms with Gasteiger partial charge in [-0.15, -0.1) is 0 Å². The number of anilines is 1. The van der Waals surface area contributed by atoms with Crippen LogP contribution in [0.3, 0.4) is 0 Å². The zero-order valence-electron chi connectivity index (χ0n) is 11.6. The summed E-state index contributed by atoms with van der Waals surface area (Å²) in [7, 11) is 0. The van der Waals surface area contributed by atoms with Crippen molar-refractivity contribution in [1.29, 1.82) is 0 Å². The summed E-state index contributed by atoms with van der Waals surface area (Å²) in [6.07, 6.45) is 3.65. The Morgan fingerprint density at radius 2 is 2.00 bits per heavy atom. The molecule has 0 saturated carbocycles. The van der Waals surface area contributed by atoms with Crippen LogP contribution in [0.1, 0.15) is 31.7 Å². The predicted octanol–water partition coefficient (Wildman–Crippen LogP) is 3.46. The van der Waals surface area contributed by atoms with Crippen molar-refractivity contribution in [3.8, 4) is 0 Å². The van der Waals surface area contributed by atoms with Gasteiger partial charge in [-0.3, -0.25) is 9.69 Å². The fraction of sp³-hybridized carbons (Fsp3) is 0.533. The Balaban J connectivity index is 2.01. The normalized spacial score (nSPS) is 18.1. The first-order valence-corrected chi connectivity index (χ1v) is 7.27. The molecule has 1 fully saturated rings. The highest BCUT2D eigenvalue weighted by atomic mass is 35.5. The van der Waals surface area contributed by atoms with Gasteiger partial charge in [0.1, 0.15) is 0 Å². The van der Waals surface area contributed by atoms with Gasteiger partial charge in [-0.2, -0.15) is 0 Å². The topological polar surface area (TPSA) is 32.3 Å². The second kappa shape index (κ2) is 6.40. The number of nitrogens with one attached hydrogen (secondary N) is 1. The molecule has 3 nitrogen and oxygen atoms in total. The lowest BCUT2D eigenvalue weighted by molar-refractivity contribution is -0.121. The largest absolute Gasteiger partial charge is 0.324 e. The van der Waals surface area contributed by atoms with Crippen molar-refractivity contribution in [3.63, 3.8) is 0 Å². The van der Waals surface area contributed by atoms with E-state index in [1.807, 2.05) is 26.0 Å². The van der Waals surface area contributed by atoms with Gasteiger partial charge in [0.25, 0.3) is 0 Å². The first-order chi connectivity index (χ1) is 9.08. The van der Waals surface area contributed by atoms with Gasteiger partial charge in [0.15, 0.2) is 0 Å². The number of rotatable bonds is 3. The number of piperidine rings is 1. The van der Waals surface area contributed by atoms with E-state index in [1.54, 1.807) is 6.07 Å². The Labute approximate surface area is 119 Å². The monoisotopic (exact) mass is 280 g/mol. The van der Waals surface area contributed by atoms with Gasteiger partial charge in [-0.25, -0.2) is 0 Å². The molecular weight excluding hydrogens is 260 g/mol. The van der Waals surface area contributed by atoms with Crippen LogP contribution in [-0.4, -0.2) is 29.9 Å². The van der Waals surface area contributed by atoms with Gasteiger partial charge < -0.3 is 5.32 Å². The van der Waals surface area contributed by atoms with Crippen LogP contribution in [0.4, 0.5) is 5.69 Å². The quantitative estimate of drug-likeness (QED) is 0.920. The van der Waals surface area contributed by atoms with E-state index in [1.165, 1.54) is 19.3 Å². The molecule has 1 atom stereocenters. The lowest BCUT2D eigenvalue weighted by Gasteiger charge is -2.31. The number of hydrogen-bond acceptors (Lipinski definition) is 2. The summed E-state index contributed by atoms with van der Waals surface area (Å²) in [5.74, 6) is 0.0484. The Kier molecular flexibility index (Phi) is 4.83. The SMILES string of the molecule is Cc1ccc(Cl)cc1NC(=O)[C@@H](C)N1CCCCC1. The van der Waals surface area contributed by atoms with E-state index in [4.69, 9.17) is 11.6 Å². The van der Waals surface area contributed by atoms with Crippen LogP contribution in [0.15, 0.2) is 18.2 Å². The third-order valence-electron chi connectivity index (χ3n) is 3.78. The minimum atomic E-state index is -0.0846. The van der Waals surface area contributed by atoms with E-state index in [0.717, 1.165) is 24.3 Å². The highest BCUT2D eigenvalue weighted by Gasteiger charge is 2.23. The van der Waals surface area contributed by atoms with E-state index in [2.05, 4.69) is 10.2 Å². The molecular formula is C15H21ClN2O. The van der Waals surface area contributed by atoms with Crippen LogP contribution in [0.5, 0.6) is 0 Å². The molecule has 0 radical (unpaired) electrons. The Bertz CT molecular complexity index is 455. The Hall–Kier alpha value is -1.06. The van der Waals surface area contributed by atoms with Gasteiger partial charge in [0, 0.05) is 10.7 Å². The standard InChI is InChI=1S/C15H21ClN2O/c1-11-6-7-13(16)10-14(11)17-15(19)12(2)18-8-4-3-5-9-18/h6-7,10,12H,3-5,8-9H2,1-2H3,(H,17,19)/t12-/m1/s1. The summed E-state index contributed by atoms with van der Waals surface area (Å²) in [5, 5.41) is 3.63. The number of carbonyl (C=O) groups is 1. The maximum Gasteiger partial charge on any atom is 0.241 e. The summed E-state index contributed by atoms with van der Waals surface area (Å²) in [5.41, 5.74) is 1.84. The number of aryl methyl sites for hydroxylation is 1. The Morgan fingerprint density at radius 1 is 1.32 bits per heavy atom. The summed E-state index contributed by atoms with van der Waals surface area (Å²) in [6, 6.07) is 5.47. The molecule has 2 rings (SSSR count). The van der Waals surface area contributed by atoms with Crippen LogP contribution >= 0.6 is 11.6 Å². The molecule has 0 spiro atoms. The van der Waals surface area contributed by atoms with Gasteiger partial charge >= 0.3 is 0 Å². The second-order valence-electron chi connectivity index (χ2n) is 5.22. The molecule has 1 aliphatic rings. The molecule has 0 aromatic heterocycles. The van der Waals surface area contributed by atoms with Gasteiger partial charge in [-0.05, 0) is 57.5 Å².